The summed E-state index contributed by atoms with van der Waals surface area (Å²) in [5.41, 5.74) is 3.98. The Morgan fingerprint density at radius 1 is 0.879 bits per heavy atom. The predicted molar refractivity (Wildman–Crippen MR) is 133 cm³/mol. The topological polar surface area (TPSA) is 50.8 Å². The smallest absolute Gasteiger partial charge is 0.228 e. The zero-order valence-corrected chi connectivity index (χ0v) is 19.3. The Balaban J connectivity index is 1.32. The number of carbonyl (C=O) groups excluding carboxylic acids is 1. The molecule has 33 heavy (non-hydrogen) atoms. The molecule has 0 aromatic heterocycles. The van der Waals surface area contributed by atoms with Crippen LogP contribution in [0.15, 0.2) is 72.8 Å². The van der Waals surface area contributed by atoms with E-state index in [9.17, 15) is 4.79 Å². The monoisotopic (exact) mass is 444 g/mol. The van der Waals surface area contributed by atoms with E-state index >= 15 is 0 Å². The van der Waals surface area contributed by atoms with Crippen molar-refractivity contribution in [2.75, 3.05) is 38.7 Å². The lowest BCUT2D eigenvalue weighted by atomic mass is 10.0. The van der Waals surface area contributed by atoms with Gasteiger partial charge in [0, 0.05) is 18.3 Å². The van der Waals surface area contributed by atoms with Crippen molar-refractivity contribution in [3.05, 3.63) is 78.4 Å². The lowest BCUT2D eigenvalue weighted by Gasteiger charge is -2.26. The molecule has 3 aromatic rings. The molecule has 1 saturated heterocycles. The van der Waals surface area contributed by atoms with Crippen LogP contribution in [-0.4, -0.2) is 44.2 Å². The van der Waals surface area contributed by atoms with Gasteiger partial charge in [-0.2, -0.15) is 0 Å². The van der Waals surface area contributed by atoms with E-state index in [2.05, 4.69) is 34.5 Å². The van der Waals surface area contributed by atoms with Crippen molar-refractivity contribution in [3.8, 4) is 22.6 Å². The molecule has 0 aliphatic carbocycles. The number of nitrogens with one attached hydrogen (secondary N) is 1. The summed E-state index contributed by atoms with van der Waals surface area (Å²) in [7, 11) is 1.63. The second-order valence-corrected chi connectivity index (χ2v) is 8.40. The molecule has 0 saturated carbocycles. The highest BCUT2D eigenvalue weighted by Crippen LogP contribution is 2.30. The van der Waals surface area contributed by atoms with Crippen LogP contribution in [0.1, 0.15) is 24.8 Å². The van der Waals surface area contributed by atoms with Crippen molar-refractivity contribution in [2.24, 2.45) is 0 Å². The number of likely N-dealkylation sites (tertiary alicyclic amines) is 1. The van der Waals surface area contributed by atoms with Gasteiger partial charge in [-0.1, -0.05) is 61.0 Å². The first-order valence-corrected chi connectivity index (χ1v) is 11.7. The molecule has 1 N–H and O–H groups in total. The summed E-state index contributed by atoms with van der Waals surface area (Å²) in [5.74, 6) is 1.26. The van der Waals surface area contributed by atoms with Crippen LogP contribution < -0.4 is 14.8 Å². The maximum atomic E-state index is 12.6. The number of hydrogen-bond acceptors (Lipinski definition) is 4. The van der Waals surface area contributed by atoms with Crippen LogP contribution in [0.2, 0.25) is 0 Å². The number of ether oxygens (including phenoxy) is 2. The maximum absolute atomic E-state index is 12.6. The molecule has 3 aromatic carbocycles. The van der Waals surface area contributed by atoms with Gasteiger partial charge in [-0.3, -0.25) is 9.69 Å². The summed E-state index contributed by atoms with van der Waals surface area (Å²) >= 11 is 0. The zero-order chi connectivity index (χ0) is 22.9. The second kappa shape index (κ2) is 11.5. The van der Waals surface area contributed by atoms with Crippen LogP contribution >= 0.6 is 0 Å². The average molecular weight is 445 g/mol. The lowest BCUT2D eigenvalue weighted by molar-refractivity contribution is -0.115. The number of hydrogen-bond donors (Lipinski definition) is 1. The molecule has 0 radical (unpaired) electrons. The summed E-state index contributed by atoms with van der Waals surface area (Å²) in [4.78, 5) is 15.1. The largest absolute Gasteiger partial charge is 0.493 e. The SMILES string of the molecule is COc1ccc(NC(=O)Cc2ccc(-c3ccccc3)cc2)cc1OCCN1CCCCC1. The van der Waals surface area contributed by atoms with Crippen molar-refractivity contribution in [1.82, 2.24) is 4.90 Å². The first-order chi connectivity index (χ1) is 16.2. The fraction of sp³-hybridized carbons (Fsp3) is 0.321. The van der Waals surface area contributed by atoms with Gasteiger partial charge in [0.25, 0.3) is 0 Å². The number of amides is 1. The van der Waals surface area contributed by atoms with Crippen LogP contribution in [0.4, 0.5) is 5.69 Å². The van der Waals surface area contributed by atoms with E-state index in [0.717, 1.165) is 30.8 Å². The quantitative estimate of drug-likeness (QED) is 0.480. The standard InChI is InChI=1S/C28H32N2O3/c1-32-26-15-14-25(21-27(26)33-19-18-30-16-6-3-7-17-30)29-28(31)20-22-10-12-24(13-11-22)23-8-4-2-5-9-23/h2,4-5,8-15,21H,3,6-7,16-20H2,1H3,(H,29,31). The molecule has 0 atom stereocenters. The Morgan fingerprint density at radius 3 is 2.33 bits per heavy atom. The molecular formula is C28H32N2O3. The summed E-state index contributed by atoms with van der Waals surface area (Å²) < 4.78 is 11.4. The van der Waals surface area contributed by atoms with Gasteiger partial charge in [0.05, 0.1) is 13.5 Å². The third-order valence-corrected chi connectivity index (χ3v) is 5.99. The van der Waals surface area contributed by atoms with Gasteiger partial charge < -0.3 is 14.8 Å². The van der Waals surface area contributed by atoms with Crippen LogP contribution in [0.3, 0.4) is 0 Å². The van der Waals surface area contributed by atoms with Crippen LogP contribution in [0.25, 0.3) is 11.1 Å². The van der Waals surface area contributed by atoms with E-state index in [0.29, 0.717) is 30.2 Å². The van der Waals surface area contributed by atoms with Crippen molar-refractivity contribution >= 4 is 11.6 Å². The fourth-order valence-corrected chi connectivity index (χ4v) is 4.17. The van der Waals surface area contributed by atoms with Crippen LogP contribution in [0.5, 0.6) is 11.5 Å². The Kier molecular flexibility index (Phi) is 7.99. The number of anilines is 1. The van der Waals surface area contributed by atoms with Crippen LogP contribution in [0, 0.1) is 0 Å². The second-order valence-electron chi connectivity index (χ2n) is 8.40. The fourth-order valence-electron chi connectivity index (χ4n) is 4.17. The molecule has 1 amide bonds. The van der Waals surface area contributed by atoms with E-state index in [1.165, 1.54) is 24.8 Å². The van der Waals surface area contributed by atoms with Gasteiger partial charge in [0.1, 0.15) is 6.61 Å². The number of rotatable bonds is 9. The minimum atomic E-state index is -0.0631. The normalized spacial score (nSPS) is 14.0. The number of methoxy groups -OCH3 is 1. The molecule has 5 nitrogen and oxygen atoms in total. The van der Waals surface area contributed by atoms with Crippen molar-refractivity contribution in [1.29, 1.82) is 0 Å². The highest BCUT2D eigenvalue weighted by molar-refractivity contribution is 5.92. The first-order valence-electron chi connectivity index (χ1n) is 11.7. The zero-order valence-electron chi connectivity index (χ0n) is 19.3. The van der Waals surface area contributed by atoms with Gasteiger partial charge in [-0.25, -0.2) is 0 Å². The van der Waals surface area contributed by atoms with Gasteiger partial charge in [-0.05, 0) is 54.8 Å². The molecule has 1 aliphatic rings. The minimum Gasteiger partial charge on any atom is -0.493 e. The summed E-state index contributed by atoms with van der Waals surface area (Å²) in [5, 5.41) is 2.98. The Morgan fingerprint density at radius 2 is 1.61 bits per heavy atom. The van der Waals surface area contributed by atoms with Crippen molar-refractivity contribution in [2.45, 2.75) is 25.7 Å². The van der Waals surface area contributed by atoms with E-state index in [-0.39, 0.29) is 5.91 Å². The summed E-state index contributed by atoms with van der Waals surface area (Å²) in [6, 6.07) is 23.9. The molecule has 1 aliphatic heterocycles. The summed E-state index contributed by atoms with van der Waals surface area (Å²) in [6.45, 7) is 3.78. The molecule has 1 fully saturated rings. The first kappa shape index (κ1) is 22.9. The molecule has 172 valence electrons. The minimum absolute atomic E-state index is 0.0631. The molecular weight excluding hydrogens is 412 g/mol. The molecule has 0 unspecified atom stereocenters. The highest BCUT2D eigenvalue weighted by Gasteiger charge is 2.12. The number of piperidine rings is 1. The molecule has 5 heteroatoms. The predicted octanol–water partition coefficient (Wildman–Crippen LogP) is 5.41. The molecule has 1 heterocycles. The Hall–Kier alpha value is -3.31. The van der Waals surface area contributed by atoms with Crippen molar-refractivity contribution < 1.29 is 14.3 Å². The molecule has 0 spiro atoms. The maximum Gasteiger partial charge on any atom is 0.228 e. The molecule has 4 rings (SSSR count). The third-order valence-electron chi connectivity index (χ3n) is 5.99. The van der Waals surface area contributed by atoms with Gasteiger partial charge >= 0.3 is 0 Å². The third kappa shape index (κ3) is 6.59. The number of benzene rings is 3. The van der Waals surface area contributed by atoms with Crippen molar-refractivity contribution in [3.63, 3.8) is 0 Å². The molecule has 0 bridgehead atoms. The summed E-state index contributed by atoms with van der Waals surface area (Å²) in [6.07, 6.45) is 4.16. The highest BCUT2D eigenvalue weighted by atomic mass is 16.5. The van der Waals surface area contributed by atoms with E-state index in [1.54, 1.807) is 7.11 Å². The lowest BCUT2D eigenvalue weighted by Crippen LogP contribution is -2.33. The average Bonchev–Trinajstić information content (AvgIpc) is 2.86. The number of carbonyl (C=O) groups is 1. The van der Waals surface area contributed by atoms with Crippen LogP contribution in [-0.2, 0) is 11.2 Å². The van der Waals surface area contributed by atoms with Gasteiger partial charge in [0.15, 0.2) is 11.5 Å². The van der Waals surface area contributed by atoms with E-state index in [4.69, 9.17) is 9.47 Å². The Labute approximate surface area is 196 Å². The van der Waals surface area contributed by atoms with E-state index in [1.807, 2.05) is 48.5 Å². The van der Waals surface area contributed by atoms with Gasteiger partial charge in [0.2, 0.25) is 5.91 Å². The van der Waals surface area contributed by atoms with E-state index < -0.39 is 0 Å². The number of nitrogens with zero attached hydrogens (tertiary/aromatic N) is 1. The van der Waals surface area contributed by atoms with Gasteiger partial charge in [-0.15, -0.1) is 0 Å². The Bertz CT molecular complexity index is 1030.